The quantitative estimate of drug-likeness (QED) is 0.852. The van der Waals surface area contributed by atoms with Crippen LogP contribution in [-0.4, -0.2) is 34.4 Å². The van der Waals surface area contributed by atoms with Crippen molar-refractivity contribution in [2.75, 3.05) is 7.05 Å². The molecule has 0 radical (unpaired) electrons. The largest absolute Gasteiger partial charge is 0.364 e. The number of nitrogens with zero attached hydrogens (tertiary/aromatic N) is 2. The Balaban J connectivity index is 0.00000243. The second-order valence-corrected chi connectivity index (χ2v) is 6.86. The highest BCUT2D eigenvalue weighted by Gasteiger charge is 2.29. The van der Waals surface area contributed by atoms with Gasteiger partial charge in [0.2, 0.25) is 0 Å². The van der Waals surface area contributed by atoms with Gasteiger partial charge < -0.3 is 10.2 Å². The molecule has 4 nitrogen and oxygen atoms in total. The zero-order valence-corrected chi connectivity index (χ0v) is 14.9. The summed E-state index contributed by atoms with van der Waals surface area (Å²) in [5, 5.41) is 3.18. The summed E-state index contributed by atoms with van der Waals surface area (Å²) in [4.78, 5) is 19.2. The van der Waals surface area contributed by atoms with Crippen molar-refractivity contribution in [2.45, 2.75) is 37.8 Å². The van der Waals surface area contributed by atoms with Crippen molar-refractivity contribution in [3.8, 4) is 0 Å². The average Bonchev–Trinajstić information content (AvgIpc) is 2.63. The van der Waals surface area contributed by atoms with Crippen molar-refractivity contribution in [3.05, 3.63) is 72.7 Å². The molecule has 1 N–H and O–H groups in total. The van der Waals surface area contributed by atoms with Gasteiger partial charge in [-0.25, -0.2) is 0 Å². The van der Waals surface area contributed by atoms with Crippen molar-refractivity contribution in [1.29, 1.82) is 0 Å². The lowest BCUT2D eigenvalue weighted by atomic mass is 9.89. The zero-order valence-electron chi connectivity index (χ0n) is 14.9. The van der Waals surface area contributed by atoms with Gasteiger partial charge in [-0.2, -0.15) is 0 Å². The number of aromatic nitrogens is 1. The van der Waals surface area contributed by atoms with Crippen LogP contribution in [0.3, 0.4) is 0 Å². The Morgan fingerprint density at radius 3 is 2.96 bits per heavy atom. The van der Waals surface area contributed by atoms with E-state index in [0.717, 1.165) is 36.2 Å². The van der Waals surface area contributed by atoms with Crippen molar-refractivity contribution in [3.63, 3.8) is 0 Å². The minimum absolute atomic E-state index is 0. The normalized spacial score (nSPS) is 25.8. The first-order chi connectivity index (χ1) is 12.0. The van der Waals surface area contributed by atoms with E-state index in [1.54, 1.807) is 6.20 Å². The summed E-state index contributed by atoms with van der Waals surface area (Å²) in [5.74, 6) is -0.0316. The maximum atomic E-state index is 12.8. The molecule has 1 aliphatic heterocycles. The van der Waals surface area contributed by atoms with Gasteiger partial charge in [-0.15, -0.1) is 6.58 Å². The second-order valence-electron chi connectivity index (χ2n) is 6.86. The lowest BCUT2D eigenvalue weighted by Gasteiger charge is -2.35. The number of rotatable bonds is 4. The second kappa shape index (κ2) is 7.09. The molecule has 0 bridgehead atoms. The standard InChI is InChI=1S/C21H25N3O.H2/c1-4-17-8-7-10-19(24(17)3)20(25)23-21(2)13-11-16(12-14-21)18-9-5-6-15-22-18;/h4-6,9-13,15,17H,1,7-8,14H2,2-3H3,(H,23,25);1H. The van der Waals surface area contributed by atoms with Crippen molar-refractivity contribution >= 4 is 11.5 Å². The number of pyridine rings is 1. The van der Waals surface area contributed by atoms with E-state index in [1.807, 2.05) is 55.3 Å². The molecule has 2 heterocycles. The molecule has 4 heteroatoms. The van der Waals surface area contributed by atoms with Crippen molar-refractivity contribution < 1.29 is 6.22 Å². The number of nitrogens with one attached hydrogen (secondary N) is 1. The smallest absolute Gasteiger partial charge is 0.267 e. The molecular weight excluding hydrogens is 310 g/mol. The Kier molecular flexibility index (Phi) is 4.88. The Morgan fingerprint density at radius 2 is 2.32 bits per heavy atom. The molecule has 2 atom stereocenters. The van der Waals surface area contributed by atoms with Gasteiger partial charge in [-0.05, 0) is 43.9 Å². The van der Waals surface area contributed by atoms with Crippen LogP contribution in [0.25, 0.3) is 5.57 Å². The molecular formula is C21H27N3O. The summed E-state index contributed by atoms with van der Waals surface area (Å²) < 4.78 is 0. The van der Waals surface area contributed by atoms with Gasteiger partial charge in [0.1, 0.15) is 0 Å². The lowest BCUT2D eigenvalue weighted by molar-refractivity contribution is -0.120. The van der Waals surface area contributed by atoms with Crippen LogP contribution in [0.15, 0.2) is 67.1 Å². The molecule has 2 unspecified atom stereocenters. The fraction of sp³-hybridized carbons (Fsp3) is 0.333. The maximum absolute atomic E-state index is 12.8. The lowest BCUT2D eigenvalue weighted by Crippen LogP contribution is -2.49. The highest BCUT2D eigenvalue weighted by atomic mass is 16.2. The Labute approximate surface area is 151 Å². The van der Waals surface area contributed by atoms with E-state index in [0.29, 0.717) is 0 Å². The van der Waals surface area contributed by atoms with Gasteiger partial charge in [0.05, 0.1) is 16.9 Å². The average molecular weight is 337 g/mol. The van der Waals surface area contributed by atoms with E-state index in [4.69, 9.17) is 0 Å². The van der Waals surface area contributed by atoms with Crippen molar-refractivity contribution in [1.82, 2.24) is 15.2 Å². The SMILES string of the molecule is C=CC1CCC=C(C(=O)NC2(C)C=CC(c3ccccn3)=CC2)N1C.[HH]. The van der Waals surface area contributed by atoms with E-state index < -0.39 is 5.54 Å². The molecule has 1 aliphatic carbocycles. The first kappa shape index (κ1) is 17.2. The van der Waals surface area contributed by atoms with Gasteiger partial charge >= 0.3 is 0 Å². The number of hydrogen-bond acceptors (Lipinski definition) is 3. The monoisotopic (exact) mass is 337 g/mol. The summed E-state index contributed by atoms with van der Waals surface area (Å²) in [6.07, 6.45) is 14.6. The van der Waals surface area contributed by atoms with Crippen LogP contribution >= 0.6 is 0 Å². The Bertz CT molecular complexity index is 754. The topological polar surface area (TPSA) is 45.2 Å². The van der Waals surface area contributed by atoms with E-state index in [1.165, 1.54) is 0 Å². The van der Waals surface area contributed by atoms with Gasteiger partial charge in [0, 0.05) is 20.7 Å². The molecule has 1 amide bonds. The van der Waals surface area contributed by atoms with Gasteiger partial charge in [0.25, 0.3) is 5.91 Å². The summed E-state index contributed by atoms with van der Waals surface area (Å²) in [5.41, 5.74) is 2.38. The number of likely N-dealkylation sites (N-methyl/N-ethyl adjacent to an activating group) is 1. The molecule has 0 saturated carbocycles. The Hall–Kier alpha value is -2.62. The molecule has 25 heavy (non-hydrogen) atoms. The molecule has 0 fully saturated rings. The third-order valence-corrected chi connectivity index (χ3v) is 4.92. The van der Waals surface area contributed by atoms with E-state index >= 15 is 0 Å². The van der Waals surface area contributed by atoms with Gasteiger partial charge in [-0.3, -0.25) is 9.78 Å². The maximum Gasteiger partial charge on any atom is 0.267 e. The van der Waals surface area contributed by atoms with E-state index in [2.05, 4.69) is 29.0 Å². The first-order valence-electron chi connectivity index (χ1n) is 8.71. The van der Waals surface area contributed by atoms with Crippen LogP contribution in [-0.2, 0) is 4.79 Å². The molecule has 2 aliphatic rings. The van der Waals surface area contributed by atoms with Crippen LogP contribution in [0.2, 0.25) is 0 Å². The third kappa shape index (κ3) is 3.73. The fourth-order valence-electron chi connectivity index (χ4n) is 3.31. The molecule has 0 saturated heterocycles. The predicted molar refractivity (Wildman–Crippen MR) is 104 cm³/mol. The molecule has 3 rings (SSSR count). The summed E-state index contributed by atoms with van der Waals surface area (Å²) in [7, 11) is 1.95. The van der Waals surface area contributed by atoms with E-state index in [9.17, 15) is 4.79 Å². The van der Waals surface area contributed by atoms with E-state index in [-0.39, 0.29) is 13.4 Å². The molecule has 0 aromatic carbocycles. The molecule has 0 spiro atoms. The Morgan fingerprint density at radius 1 is 1.48 bits per heavy atom. The number of carbonyl (C=O) groups is 1. The van der Waals surface area contributed by atoms with Gasteiger partial charge in [0.15, 0.2) is 0 Å². The molecule has 132 valence electrons. The fourth-order valence-corrected chi connectivity index (χ4v) is 3.31. The molecule has 1 aromatic rings. The van der Waals surface area contributed by atoms with Crippen LogP contribution in [0.5, 0.6) is 0 Å². The van der Waals surface area contributed by atoms with Gasteiger partial charge in [-0.1, -0.05) is 36.4 Å². The van der Waals surface area contributed by atoms with Crippen LogP contribution in [0.4, 0.5) is 0 Å². The minimum Gasteiger partial charge on any atom is -0.364 e. The summed E-state index contributed by atoms with van der Waals surface area (Å²) >= 11 is 0. The number of carbonyl (C=O) groups excluding carboxylic acids is 1. The zero-order chi connectivity index (χ0) is 17.9. The number of hydrogen-bond donors (Lipinski definition) is 1. The first-order valence-corrected chi connectivity index (χ1v) is 8.71. The number of allylic oxidation sites excluding steroid dienone is 3. The van der Waals surface area contributed by atoms with Crippen LogP contribution in [0.1, 0.15) is 33.3 Å². The molecule has 1 aromatic heterocycles. The van der Waals surface area contributed by atoms with Crippen LogP contribution in [0, 0.1) is 0 Å². The minimum atomic E-state index is -0.391. The highest BCUT2D eigenvalue weighted by molar-refractivity contribution is 5.94. The third-order valence-electron chi connectivity index (χ3n) is 4.92. The number of amides is 1. The predicted octanol–water partition coefficient (Wildman–Crippen LogP) is 3.71. The summed E-state index contributed by atoms with van der Waals surface area (Å²) in [6, 6.07) is 6.10. The summed E-state index contributed by atoms with van der Waals surface area (Å²) in [6.45, 7) is 5.91. The highest BCUT2D eigenvalue weighted by Crippen LogP contribution is 2.27. The van der Waals surface area contributed by atoms with Crippen molar-refractivity contribution in [2.24, 2.45) is 0 Å². The van der Waals surface area contributed by atoms with Crippen LogP contribution < -0.4 is 5.32 Å².